The predicted octanol–water partition coefficient (Wildman–Crippen LogP) is 3.76. The molecule has 2 heterocycles. The lowest BCUT2D eigenvalue weighted by Gasteiger charge is -2.31. The number of ether oxygens (including phenoxy) is 1. The molecule has 1 aliphatic heterocycles. The number of carbonyl (C=O) groups excluding carboxylic acids is 1. The van der Waals surface area contributed by atoms with Gasteiger partial charge in [0.1, 0.15) is 5.75 Å². The van der Waals surface area contributed by atoms with Gasteiger partial charge in [0.05, 0.1) is 24.1 Å². The van der Waals surface area contributed by atoms with E-state index in [1.54, 1.807) is 7.11 Å². The molecule has 0 spiro atoms. The highest BCUT2D eigenvalue weighted by atomic mass is 35.5. The number of aromatic nitrogens is 2. The van der Waals surface area contributed by atoms with Gasteiger partial charge < -0.3 is 19.9 Å². The lowest BCUT2D eigenvalue weighted by molar-refractivity contribution is -0.125. The molecule has 2 N–H and O–H groups in total. The minimum absolute atomic E-state index is 0.0520. The van der Waals surface area contributed by atoms with E-state index in [2.05, 4.69) is 20.2 Å². The highest BCUT2D eigenvalue weighted by Gasteiger charge is 2.27. The van der Waals surface area contributed by atoms with Gasteiger partial charge in [-0.1, -0.05) is 23.7 Å². The SMILES string of the molecule is COc1ccc(CNC(=O)C2CCCN(c3nc4ccc(Cl)cc4[nH]3)C2)cc1. The summed E-state index contributed by atoms with van der Waals surface area (Å²) in [5.41, 5.74) is 2.84. The number of H-pyrrole nitrogens is 1. The van der Waals surface area contributed by atoms with E-state index in [1.165, 1.54) is 0 Å². The molecule has 1 atom stereocenters. The van der Waals surface area contributed by atoms with Crippen LogP contribution in [-0.2, 0) is 11.3 Å². The molecule has 146 valence electrons. The maximum atomic E-state index is 12.7. The highest BCUT2D eigenvalue weighted by Crippen LogP contribution is 2.25. The van der Waals surface area contributed by atoms with Gasteiger partial charge in [0.2, 0.25) is 11.9 Å². The van der Waals surface area contributed by atoms with E-state index < -0.39 is 0 Å². The summed E-state index contributed by atoms with van der Waals surface area (Å²) in [5, 5.41) is 3.74. The Hall–Kier alpha value is -2.73. The second kappa shape index (κ2) is 8.10. The van der Waals surface area contributed by atoms with Crippen molar-refractivity contribution >= 4 is 34.5 Å². The van der Waals surface area contributed by atoms with Crippen LogP contribution in [0.5, 0.6) is 5.75 Å². The summed E-state index contributed by atoms with van der Waals surface area (Å²) in [6.07, 6.45) is 1.84. The first-order chi connectivity index (χ1) is 13.6. The number of halogens is 1. The second-order valence-electron chi connectivity index (χ2n) is 7.07. The number of piperidine rings is 1. The summed E-state index contributed by atoms with van der Waals surface area (Å²) in [5.74, 6) is 1.64. The number of fused-ring (bicyclic) bond motifs is 1. The zero-order chi connectivity index (χ0) is 19.5. The molecular formula is C21H23ClN4O2. The van der Waals surface area contributed by atoms with Gasteiger partial charge in [-0.05, 0) is 48.7 Å². The molecular weight excluding hydrogens is 376 g/mol. The average molecular weight is 399 g/mol. The van der Waals surface area contributed by atoms with E-state index in [0.29, 0.717) is 18.1 Å². The molecule has 1 unspecified atom stereocenters. The van der Waals surface area contributed by atoms with Gasteiger partial charge in [-0.3, -0.25) is 4.79 Å². The molecule has 0 aliphatic carbocycles. The number of hydrogen-bond donors (Lipinski definition) is 2. The van der Waals surface area contributed by atoms with Crippen molar-refractivity contribution in [3.8, 4) is 5.75 Å². The van der Waals surface area contributed by atoms with Crippen molar-refractivity contribution in [1.82, 2.24) is 15.3 Å². The topological polar surface area (TPSA) is 70.2 Å². The number of methoxy groups -OCH3 is 1. The number of anilines is 1. The van der Waals surface area contributed by atoms with Crippen LogP contribution in [0.1, 0.15) is 18.4 Å². The molecule has 0 saturated carbocycles. The number of carbonyl (C=O) groups is 1. The number of hydrogen-bond acceptors (Lipinski definition) is 4. The Labute approximate surface area is 168 Å². The van der Waals surface area contributed by atoms with E-state index in [9.17, 15) is 4.79 Å². The zero-order valence-corrected chi connectivity index (χ0v) is 16.5. The molecule has 4 rings (SSSR count). The fourth-order valence-corrected chi connectivity index (χ4v) is 3.75. The summed E-state index contributed by atoms with van der Waals surface area (Å²) < 4.78 is 5.16. The summed E-state index contributed by atoms with van der Waals surface area (Å²) in [4.78, 5) is 22.8. The Morgan fingerprint density at radius 3 is 2.93 bits per heavy atom. The molecule has 6 nitrogen and oxygen atoms in total. The quantitative estimate of drug-likeness (QED) is 0.686. The normalized spacial score (nSPS) is 16.9. The fourth-order valence-electron chi connectivity index (χ4n) is 3.58. The van der Waals surface area contributed by atoms with Crippen LogP contribution in [-0.4, -0.2) is 36.1 Å². The fraction of sp³-hybridized carbons (Fsp3) is 0.333. The third-order valence-corrected chi connectivity index (χ3v) is 5.38. The molecule has 2 aromatic carbocycles. The van der Waals surface area contributed by atoms with E-state index in [4.69, 9.17) is 16.3 Å². The van der Waals surface area contributed by atoms with Gasteiger partial charge >= 0.3 is 0 Å². The van der Waals surface area contributed by atoms with Crippen molar-refractivity contribution in [3.05, 3.63) is 53.1 Å². The largest absolute Gasteiger partial charge is 0.497 e. The summed E-state index contributed by atoms with van der Waals surface area (Å²) in [6.45, 7) is 2.06. The van der Waals surface area contributed by atoms with Crippen LogP contribution < -0.4 is 15.0 Å². The van der Waals surface area contributed by atoms with Crippen LogP contribution in [0.2, 0.25) is 5.02 Å². The first-order valence-electron chi connectivity index (χ1n) is 9.43. The van der Waals surface area contributed by atoms with Crippen molar-refractivity contribution in [2.45, 2.75) is 19.4 Å². The van der Waals surface area contributed by atoms with Crippen LogP contribution in [0.4, 0.5) is 5.95 Å². The number of rotatable bonds is 5. The molecule has 1 amide bonds. The molecule has 1 saturated heterocycles. The van der Waals surface area contributed by atoms with Gasteiger partial charge in [0, 0.05) is 24.7 Å². The van der Waals surface area contributed by atoms with Gasteiger partial charge in [-0.25, -0.2) is 4.98 Å². The number of nitrogens with zero attached hydrogens (tertiary/aromatic N) is 2. The van der Waals surface area contributed by atoms with E-state index in [1.807, 2.05) is 42.5 Å². The van der Waals surface area contributed by atoms with E-state index in [-0.39, 0.29) is 11.8 Å². The van der Waals surface area contributed by atoms with Gasteiger partial charge in [-0.2, -0.15) is 0 Å². The van der Waals surface area contributed by atoms with Crippen molar-refractivity contribution in [1.29, 1.82) is 0 Å². The number of benzene rings is 2. The first-order valence-corrected chi connectivity index (χ1v) is 9.81. The van der Waals surface area contributed by atoms with Crippen LogP contribution in [0.15, 0.2) is 42.5 Å². The van der Waals surface area contributed by atoms with Crippen molar-refractivity contribution in [2.75, 3.05) is 25.1 Å². The zero-order valence-electron chi connectivity index (χ0n) is 15.7. The van der Waals surface area contributed by atoms with Crippen molar-refractivity contribution in [3.63, 3.8) is 0 Å². The van der Waals surface area contributed by atoms with Crippen LogP contribution in [0, 0.1) is 5.92 Å². The molecule has 1 aliphatic rings. The molecule has 7 heteroatoms. The smallest absolute Gasteiger partial charge is 0.225 e. The Kier molecular flexibility index (Phi) is 5.39. The minimum Gasteiger partial charge on any atom is -0.497 e. The lowest BCUT2D eigenvalue weighted by atomic mass is 9.97. The van der Waals surface area contributed by atoms with E-state index in [0.717, 1.165) is 47.7 Å². The summed E-state index contributed by atoms with van der Waals surface area (Å²) >= 11 is 6.06. The van der Waals surface area contributed by atoms with Crippen molar-refractivity contribution in [2.24, 2.45) is 5.92 Å². The summed E-state index contributed by atoms with van der Waals surface area (Å²) in [7, 11) is 1.64. The van der Waals surface area contributed by atoms with Gasteiger partial charge in [-0.15, -0.1) is 0 Å². The van der Waals surface area contributed by atoms with Crippen LogP contribution >= 0.6 is 11.6 Å². The van der Waals surface area contributed by atoms with E-state index >= 15 is 0 Å². The molecule has 1 aromatic heterocycles. The number of aromatic amines is 1. The molecule has 0 bridgehead atoms. The Morgan fingerprint density at radius 1 is 1.32 bits per heavy atom. The lowest BCUT2D eigenvalue weighted by Crippen LogP contribution is -2.43. The van der Waals surface area contributed by atoms with Gasteiger partial charge in [0.15, 0.2) is 0 Å². The predicted molar refractivity (Wildman–Crippen MR) is 111 cm³/mol. The number of nitrogens with one attached hydrogen (secondary N) is 2. The number of imidazole rings is 1. The molecule has 3 aromatic rings. The van der Waals surface area contributed by atoms with Crippen LogP contribution in [0.25, 0.3) is 11.0 Å². The minimum atomic E-state index is -0.0520. The standard InChI is InChI=1S/C21H23ClN4O2/c1-28-17-7-4-14(5-8-17)12-23-20(27)15-3-2-10-26(13-15)21-24-18-9-6-16(22)11-19(18)25-21/h4-9,11,15H,2-3,10,12-13H2,1H3,(H,23,27)(H,24,25). The monoisotopic (exact) mass is 398 g/mol. The number of amides is 1. The molecule has 1 fully saturated rings. The maximum Gasteiger partial charge on any atom is 0.225 e. The average Bonchev–Trinajstić information content (AvgIpc) is 3.15. The second-order valence-corrected chi connectivity index (χ2v) is 7.51. The summed E-state index contributed by atoms with van der Waals surface area (Å²) in [6, 6.07) is 13.3. The van der Waals surface area contributed by atoms with Crippen molar-refractivity contribution < 1.29 is 9.53 Å². The first kappa shape index (κ1) is 18.6. The third kappa shape index (κ3) is 4.07. The highest BCUT2D eigenvalue weighted by molar-refractivity contribution is 6.31. The van der Waals surface area contributed by atoms with Gasteiger partial charge in [0.25, 0.3) is 0 Å². The van der Waals surface area contributed by atoms with Crippen LogP contribution in [0.3, 0.4) is 0 Å². The molecule has 0 radical (unpaired) electrons. The molecule has 28 heavy (non-hydrogen) atoms. The third-order valence-electron chi connectivity index (χ3n) is 5.15. The Morgan fingerprint density at radius 2 is 2.14 bits per heavy atom. The maximum absolute atomic E-state index is 12.7. The Balaban J connectivity index is 1.38. The Bertz CT molecular complexity index is 970.